The molecule has 0 fully saturated rings. The molecule has 116 valence electrons. The zero-order valence-electron chi connectivity index (χ0n) is 12.0. The molecule has 0 aliphatic heterocycles. The highest BCUT2D eigenvalue weighted by atomic mass is 79.9. The summed E-state index contributed by atoms with van der Waals surface area (Å²) in [5, 5.41) is 17.0. The van der Waals surface area contributed by atoms with Crippen LogP contribution in [-0.4, -0.2) is 26.2 Å². The van der Waals surface area contributed by atoms with Crippen molar-refractivity contribution in [1.29, 1.82) is 0 Å². The van der Waals surface area contributed by atoms with E-state index in [2.05, 4.69) is 42.1 Å². The van der Waals surface area contributed by atoms with Crippen LogP contribution in [0.4, 0.5) is 10.5 Å². The van der Waals surface area contributed by atoms with Crippen LogP contribution < -0.4 is 10.6 Å². The fourth-order valence-corrected chi connectivity index (χ4v) is 2.37. The number of amides is 2. The van der Waals surface area contributed by atoms with Gasteiger partial charge in [0.15, 0.2) is 5.82 Å². The third-order valence-corrected chi connectivity index (χ3v) is 3.52. The number of nitrogens with zero attached hydrogens (tertiary/aromatic N) is 4. The Kier molecular flexibility index (Phi) is 4.62. The van der Waals surface area contributed by atoms with Crippen molar-refractivity contribution in [3.63, 3.8) is 0 Å². The Morgan fingerprint density at radius 3 is 2.74 bits per heavy atom. The molecule has 2 N–H and O–H groups in total. The highest BCUT2D eigenvalue weighted by molar-refractivity contribution is 9.10. The molecule has 0 bridgehead atoms. The summed E-state index contributed by atoms with van der Waals surface area (Å²) in [6, 6.07) is 16.5. The average Bonchev–Trinajstić information content (AvgIpc) is 3.02. The summed E-state index contributed by atoms with van der Waals surface area (Å²) in [5.74, 6) is 0.534. The van der Waals surface area contributed by atoms with Crippen molar-refractivity contribution < 1.29 is 4.79 Å². The minimum atomic E-state index is -0.319. The Morgan fingerprint density at radius 1 is 1.13 bits per heavy atom. The minimum Gasteiger partial charge on any atom is -0.330 e. The van der Waals surface area contributed by atoms with E-state index in [-0.39, 0.29) is 12.6 Å². The molecule has 0 unspecified atom stereocenters. The second-order valence-electron chi connectivity index (χ2n) is 4.66. The topological polar surface area (TPSA) is 84.7 Å². The van der Waals surface area contributed by atoms with E-state index in [4.69, 9.17) is 0 Å². The molecule has 0 radical (unpaired) electrons. The lowest BCUT2D eigenvalue weighted by Gasteiger charge is -2.08. The normalized spacial score (nSPS) is 10.3. The highest BCUT2D eigenvalue weighted by Crippen LogP contribution is 2.15. The van der Waals surface area contributed by atoms with Gasteiger partial charge in [-0.2, -0.15) is 4.68 Å². The molecule has 2 amide bonds. The lowest BCUT2D eigenvalue weighted by molar-refractivity contribution is 0.251. The fourth-order valence-electron chi connectivity index (χ4n) is 1.98. The van der Waals surface area contributed by atoms with E-state index in [0.29, 0.717) is 5.82 Å². The second kappa shape index (κ2) is 7.01. The van der Waals surface area contributed by atoms with Gasteiger partial charge >= 0.3 is 6.03 Å². The Morgan fingerprint density at radius 2 is 1.96 bits per heavy atom. The molecular weight excluding hydrogens is 360 g/mol. The lowest BCUT2D eigenvalue weighted by Crippen LogP contribution is -2.29. The molecule has 7 nitrogen and oxygen atoms in total. The molecule has 0 aliphatic rings. The van der Waals surface area contributed by atoms with Crippen molar-refractivity contribution >= 4 is 27.6 Å². The number of tetrazole rings is 1. The number of urea groups is 1. The van der Waals surface area contributed by atoms with Crippen molar-refractivity contribution in [1.82, 2.24) is 25.5 Å². The number of carbonyl (C=O) groups is 1. The van der Waals surface area contributed by atoms with Gasteiger partial charge in [-0.3, -0.25) is 0 Å². The summed E-state index contributed by atoms with van der Waals surface area (Å²) in [5.41, 5.74) is 1.53. The summed E-state index contributed by atoms with van der Waals surface area (Å²) < 4.78 is 2.50. The first kappa shape index (κ1) is 15.2. The van der Waals surface area contributed by atoms with Crippen LogP contribution in [0.2, 0.25) is 0 Å². The maximum absolute atomic E-state index is 11.9. The van der Waals surface area contributed by atoms with E-state index >= 15 is 0 Å². The predicted molar refractivity (Wildman–Crippen MR) is 89.2 cm³/mol. The maximum Gasteiger partial charge on any atom is 0.319 e. The van der Waals surface area contributed by atoms with Gasteiger partial charge in [0.2, 0.25) is 0 Å². The van der Waals surface area contributed by atoms with Gasteiger partial charge in [-0.1, -0.05) is 40.2 Å². The van der Waals surface area contributed by atoms with E-state index in [1.165, 1.54) is 0 Å². The van der Waals surface area contributed by atoms with E-state index in [1.807, 2.05) is 54.6 Å². The number of hydrogen-bond acceptors (Lipinski definition) is 4. The van der Waals surface area contributed by atoms with Gasteiger partial charge in [0.05, 0.1) is 12.2 Å². The molecule has 1 heterocycles. The van der Waals surface area contributed by atoms with Crippen LogP contribution in [0.1, 0.15) is 5.82 Å². The van der Waals surface area contributed by atoms with Crippen LogP contribution in [0.3, 0.4) is 0 Å². The first-order valence-corrected chi connectivity index (χ1v) is 7.65. The van der Waals surface area contributed by atoms with E-state index in [0.717, 1.165) is 15.8 Å². The van der Waals surface area contributed by atoms with Crippen LogP contribution in [-0.2, 0) is 6.54 Å². The lowest BCUT2D eigenvalue weighted by atomic mass is 10.3. The Bertz CT molecular complexity index is 804. The van der Waals surface area contributed by atoms with Crippen LogP contribution in [0, 0.1) is 0 Å². The van der Waals surface area contributed by atoms with Crippen LogP contribution >= 0.6 is 15.9 Å². The standard InChI is InChI=1S/C15H13BrN6O/c16-11-5-4-8-13(9-11)22-14(19-20-21-22)10-17-15(23)18-12-6-2-1-3-7-12/h1-9H,10H2,(H2,17,18,23). The van der Waals surface area contributed by atoms with Crippen molar-refractivity contribution in [2.75, 3.05) is 5.32 Å². The first-order valence-electron chi connectivity index (χ1n) is 6.85. The Balaban J connectivity index is 1.65. The van der Waals surface area contributed by atoms with Gasteiger partial charge in [0.25, 0.3) is 0 Å². The van der Waals surface area contributed by atoms with E-state index < -0.39 is 0 Å². The van der Waals surface area contributed by atoms with Gasteiger partial charge in [-0.25, -0.2) is 4.79 Å². The molecule has 3 aromatic rings. The smallest absolute Gasteiger partial charge is 0.319 e. The largest absolute Gasteiger partial charge is 0.330 e. The summed E-state index contributed by atoms with van der Waals surface area (Å²) in [6.45, 7) is 0.207. The molecule has 0 atom stereocenters. The Hall–Kier alpha value is -2.74. The molecule has 0 saturated heterocycles. The zero-order chi connectivity index (χ0) is 16.1. The number of nitrogens with one attached hydrogen (secondary N) is 2. The van der Waals surface area contributed by atoms with E-state index in [9.17, 15) is 4.79 Å². The van der Waals surface area contributed by atoms with Gasteiger partial charge < -0.3 is 10.6 Å². The number of hydrogen-bond donors (Lipinski definition) is 2. The number of halogens is 1. The molecular formula is C15H13BrN6O. The maximum atomic E-state index is 11.9. The van der Waals surface area contributed by atoms with Crippen molar-refractivity contribution in [3.8, 4) is 5.69 Å². The number of para-hydroxylation sites is 1. The van der Waals surface area contributed by atoms with Crippen LogP contribution in [0.15, 0.2) is 59.1 Å². The summed E-state index contributed by atoms with van der Waals surface area (Å²) in [4.78, 5) is 11.9. The molecule has 0 spiro atoms. The molecule has 1 aromatic heterocycles. The zero-order valence-corrected chi connectivity index (χ0v) is 13.6. The quantitative estimate of drug-likeness (QED) is 0.737. The molecule has 0 saturated carbocycles. The predicted octanol–water partition coefficient (Wildman–Crippen LogP) is 2.75. The van der Waals surface area contributed by atoms with Crippen LogP contribution in [0.25, 0.3) is 5.69 Å². The molecule has 3 rings (SSSR count). The van der Waals surface area contributed by atoms with Crippen LogP contribution in [0.5, 0.6) is 0 Å². The number of rotatable bonds is 4. The summed E-state index contributed by atoms with van der Waals surface area (Å²) in [7, 11) is 0. The van der Waals surface area contributed by atoms with Gasteiger partial charge in [0.1, 0.15) is 0 Å². The molecule has 0 aliphatic carbocycles. The van der Waals surface area contributed by atoms with Gasteiger partial charge in [-0.15, -0.1) is 5.10 Å². The fraction of sp³-hybridized carbons (Fsp3) is 0.0667. The SMILES string of the molecule is O=C(NCc1nnnn1-c1cccc(Br)c1)Nc1ccccc1. The summed E-state index contributed by atoms with van der Waals surface area (Å²) in [6.07, 6.45) is 0. The highest BCUT2D eigenvalue weighted by Gasteiger charge is 2.10. The van der Waals surface area contributed by atoms with Gasteiger partial charge in [0, 0.05) is 10.2 Å². The number of aromatic nitrogens is 4. The molecule has 2 aromatic carbocycles. The van der Waals surface area contributed by atoms with E-state index in [1.54, 1.807) is 4.68 Å². The van der Waals surface area contributed by atoms with Crippen molar-refractivity contribution in [3.05, 3.63) is 64.9 Å². The Labute approximate surface area is 140 Å². The number of anilines is 1. The van der Waals surface area contributed by atoms with Gasteiger partial charge in [-0.05, 0) is 40.8 Å². The molecule has 8 heteroatoms. The number of carbonyl (C=O) groups excluding carboxylic acids is 1. The third kappa shape index (κ3) is 3.92. The molecule has 23 heavy (non-hydrogen) atoms. The van der Waals surface area contributed by atoms with Crippen molar-refractivity contribution in [2.24, 2.45) is 0 Å². The number of benzene rings is 2. The van der Waals surface area contributed by atoms with Crippen molar-refractivity contribution in [2.45, 2.75) is 6.54 Å². The minimum absolute atomic E-state index is 0.207. The first-order chi connectivity index (χ1) is 11.2. The third-order valence-electron chi connectivity index (χ3n) is 3.03. The average molecular weight is 373 g/mol. The second-order valence-corrected chi connectivity index (χ2v) is 5.58. The summed E-state index contributed by atoms with van der Waals surface area (Å²) >= 11 is 3.41. The monoisotopic (exact) mass is 372 g/mol.